The number of ether oxygens (including phenoxy) is 1. The molecule has 4 nitrogen and oxygen atoms in total. The summed E-state index contributed by atoms with van der Waals surface area (Å²) in [5, 5.41) is 9.19. The summed E-state index contributed by atoms with van der Waals surface area (Å²) in [5.74, 6) is -1.87. The van der Waals surface area contributed by atoms with Crippen molar-refractivity contribution in [1.82, 2.24) is 4.98 Å². The van der Waals surface area contributed by atoms with Crippen LogP contribution in [0.15, 0.2) is 54.7 Å². The zero-order valence-electron chi connectivity index (χ0n) is 13.9. The molecule has 0 fully saturated rings. The maximum Gasteiger partial charge on any atom is 0.337 e. The number of nitrogens with zero attached hydrogens (tertiary/aromatic N) is 1. The largest absolute Gasteiger partial charge is 0.497 e. The minimum Gasteiger partial charge on any atom is -0.497 e. The lowest BCUT2D eigenvalue weighted by atomic mass is 9.99. The zero-order chi connectivity index (χ0) is 18.7. The smallest absolute Gasteiger partial charge is 0.337 e. The normalized spacial score (nSPS) is 10.6. The van der Waals surface area contributed by atoms with Crippen LogP contribution in [0.1, 0.15) is 21.6 Å². The highest BCUT2D eigenvalue weighted by molar-refractivity contribution is 5.88. The van der Waals surface area contributed by atoms with Crippen molar-refractivity contribution in [2.75, 3.05) is 7.11 Å². The molecule has 2 aromatic carbocycles. The second-order valence-corrected chi connectivity index (χ2v) is 5.64. The molecule has 0 aliphatic rings. The van der Waals surface area contributed by atoms with Crippen LogP contribution in [0.2, 0.25) is 0 Å². The highest BCUT2D eigenvalue weighted by Gasteiger charge is 2.16. The van der Waals surface area contributed by atoms with Crippen molar-refractivity contribution in [2.24, 2.45) is 0 Å². The van der Waals surface area contributed by atoms with Gasteiger partial charge in [0.15, 0.2) is 0 Å². The van der Waals surface area contributed by atoms with Gasteiger partial charge in [-0.1, -0.05) is 12.1 Å². The van der Waals surface area contributed by atoms with Gasteiger partial charge < -0.3 is 9.84 Å². The van der Waals surface area contributed by atoms with E-state index in [0.717, 1.165) is 12.1 Å². The molecule has 0 bridgehead atoms. The third-order valence-electron chi connectivity index (χ3n) is 4.00. The Morgan fingerprint density at radius 2 is 1.92 bits per heavy atom. The van der Waals surface area contributed by atoms with Gasteiger partial charge in [-0.3, -0.25) is 4.98 Å². The topological polar surface area (TPSA) is 59.4 Å². The molecule has 3 rings (SSSR count). The zero-order valence-corrected chi connectivity index (χ0v) is 13.9. The van der Waals surface area contributed by atoms with E-state index in [9.17, 15) is 18.7 Å². The fourth-order valence-corrected chi connectivity index (χ4v) is 2.69. The molecule has 0 aliphatic carbocycles. The predicted molar refractivity (Wildman–Crippen MR) is 92.3 cm³/mol. The summed E-state index contributed by atoms with van der Waals surface area (Å²) < 4.78 is 34.2. The third kappa shape index (κ3) is 3.54. The Balaban J connectivity index is 1.99. The Kier molecular flexibility index (Phi) is 4.93. The Bertz CT molecular complexity index is 973. The molecule has 0 aliphatic heterocycles. The van der Waals surface area contributed by atoms with Crippen molar-refractivity contribution in [3.05, 3.63) is 83.2 Å². The molecule has 0 saturated carbocycles. The summed E-state index contributed by atoms with van der Waals surface area (Å²) in [4.78, 5) is 15.2. The van der Waals surface area contributed by atoms with E-state index in [1.54, 1.807) is 24.3 Å². The van der Waals surface area contributed by atoms with Gasteiger partial charge in [-0.15, -0.1) is 0 Å². The van der Waals surface area contributed by atoms with Crippen molar-refractivity contribution in [3.63, 3.8) is 0 Å². The SMILES string of the molecule is COc1cccc(-c2cc(F)c(Cc3ncccc3C(=O)O)cc2F)c1. The molecule has 26 heavy (non-hydrogen) atoms. The van der Waals surface area contributed by atoms with Crippen LogP contribution in [0, 0.1) is 11.6 Å². The first-order valence-electron chi connectivity index (χ1n) is 7.79. The quantitative estimate of drug-likeness (QED) is 0.740. The van der Waals surface area contributed by atoms with E-state index < -0.39 is 17.6 Å². The van der Waals surface area contributed by atoms with Crippen LogP contribution < -0.4 is 4.74 Å². The van der Waals surface area contributed by atoms with Gasteiger partial charge in [0.1, 0.15) is 17.4 Å². The lowest BCUT2D eigenvalue weighted by Crippen LogP contribution is -2.06. The fourth-order valence-electron chi connectivity index (χ4n) is 2.69. The van der Waals surface area contributed by atoms with Gasteiger partial charge in [-0.05, 0) is 47.5 Å². The number of hydrogen-bond donors (Lipinski definition) is 1. The van der Waals surface area contributed by atoms with Crippen LogP contribution in [0.3, 0.4) is 0 Å². The number of halogens is 2. The monoisotopic (exact) mass is 355 g/mol. The van der Waals surface area contributed by atoms with Crippen molar-refractivity contribution in [2.45, 2.75) is 6.42 Å². The average Bonchev–Trinajstić information content (AvgIpc) is 2.64. The van der Waals surface area contributed by atoms with E-state index in [1.165, 1.54) is 25.4 Å². The number of hydrogen-bond acceptors (Lipinski definition) is 3. The number of carboxylic acids is 1. The summed E-state index contributed by atoms with van der Waals surface area (Å²) >= 11 is 0. The van der Waals surface area contributed by atoms with Gasteiger partial charge in [-0.25, -0.2) is 13.6 Å². The van der Waals surface area contributed by atoms with Crippen LogP contribution in [-0.4, -0.2) is 23.2 Å². The van der Waals surface area contributed by atoms with Crippen LogP contribution in [0.25, 0.3) is 11.1 Å². The van der Waals surface area contributed by atoms with E-state index in [0.29, 0.717) is 11.3 Å². The van der Waals surface area contributed by atoms with Crippen LogP contribution in [0.5, 0.6) is 5.75 Å². The highest BCUT2D eigenvalue weighted by atomic mass is 19.1. The van der Waals surface area contributed by atoms with Crippen molar-refractivity contribution in [3.8, 4) is 16.9 Å². The number of aromatic nitrogens is 1. The number of rotatable bonds is 5. The third-order valence-corrected chi connectivity index (χ3v) is 4.00. The average molecular weight is 355 g/mol. The number of carbonyl (C=O) groups is 1. The Morgan fingerprint density at radius 1 is 1.12 bits per heavy atom. The maximum atomic E-state index is 14.6. The first-order valence-corrected chi connectivity index (χ1v) is 7.79. The second kappa shape index (κ2) is 7.31. The highest BCUT2D eigenvalue weighted by Crippen LogP contribution is 2.29. The van der Waals surface area contributed by atoms with Crippen molar-refractivity contribution < 1.29 is 23.4 Å². The van der Waals surface area contributed by atoms with Crippen LogP contribution >= 0.6 is 0 Å². The number of methoxy groups -OCH3 is 1. The summed E-state index contributed by atoms with van der Waals surface area (Å²) in [6, 6.07) is 11.7. The Morgan fingerprint density at radius 3 is 2.65 bits per heavy atom. The van der Waals surface area contributed by atoms with Crippen LogP contribution in [-0.2, 0) is 6.42 Å². The van der Waals surface area contributed by atoms with E-state index in [1.807, 2.05) is 0 Å². The van der Waals surface area contributed by atoms with Gasteiger partial charge in [0, 0.05) is 18.2 Å². The number of carboxylic acid groups (broad SMARTS) is 1. The van der Waals surface area contributed by atoms with Gasteiger partial charge in [0.2, 0.25) is 0 Å². The first-order chi connectivity index (χ1) is 12.5. The maximum absolute atomic E-state index is 14.6. The van der Waals surface area contributed by atoms with Crippen molar-refractivity contribution in [1.29, 1.82) is 0 Å². The number of pyridine rings is 1. The second-order valence-electron chi connectivity index (χ2n) is 5.64. The van der Waals surface area contributed by atoms with Gasteiger partial charge >= 0.3 is 5.97 Å². The van der Waals surface area contributed by atoms with Gasteiger partial charge in [-0.2, -0.15) is 0 Å². The predicted octanol–water partition coefficient (Wildman–Crippen LogP) is 4.32. The number of aromatic carboxylic acids is 1. The lowest BCUT2D eigenvalue weighted by Gasteiger charge is -2.10. The molecule has 0 spiro atoms. The molecule has 1 heterocycles. The first kappa shape index (κ1) is 17.5. The minimum absolute atomic E-state index is 0.0374. The lowest BCUT2D eigenvalue weighted by molar-refractivity contribution is 0.0695. The van der Waals surface area contributed by atoms with E-state index in [-0.39, 0.29) is 28.8 Å². The summed E-state index contributed by atoms with van der Waals surface area (Å²) in [7, 11) is 1.49. The summed E-state index contributed by atoms with van der Waals surface area (Å²) in [6.45, 7) is 0. The standard InChI is InChI=1S/C20H15F2NO3/c1-26-14-5-2-4-12(8-14)16-11-17(21)13(9-18(16)22)10-19-15(20(24)25)6-3-7-23-19/h2-9,11H,10H2,1H3,(H,24,25). The Labute approximate surface area is 148 Å². The minimum atomic E-state index is -1.16. The van der Waals surface area contributed by atoms with Gasteiger partial charge in [0.25, 0.3) is 0 Å². The summed E-state index contributed by atoms with van der Waals surface area (Å²) in [6.07, 6.45) is 1.30. The van der Waals surface area contributed by atoms with E-state index in [2.05, 4.69) is 4.98 Å². The summed E-state index contributed by atoms with van der Waals surface area (Å²) in [5.41, 5.74) is 0.757. The molecule has 132 valence electrons. The molecular weight excluding hydrogens is 340 g/mol. The van der Waals surface area contributed by atoms with Gasteiger partial charge in [0.05, 0.1) is 18.4 Å². The van der Waals surface area contributed by atoms with E-state index >= 15 is 0 Å². The molecule has 6 heteroatoms. The molecule has 1 aromatic heterocycles. The van der Waals surface area contributed by atoms with E-state index in [4.69, 9.17) is 4.74 Å². The Hall–Kier alpha value is -3.28. The number of benzene rings is 2. The molecule has 3 aromatic rings. The fraction of sp³-hybridized carbons (Fsp3) is 0.100. The molecule has 0 saturated heterocycles. The van der Waals surface area contributed by atoms with Crippen LogP contribution in [0.4, 0.5) is 8.78 Å². The molecule has 0 atom stereocenters. The molecule has 1 N–H and O–H groups in total. The van der Waals surface area contributed by atoms with Crippen molar-refractivity contribution >= 4 is 5.97 Å². The molecule has 0 amide bonds. The molecular formula is C20H15F2NO3. The molecule has 0 unspecified atom stereocenters. The molecule has 0 radical (unpaired) electrons.